The Balaban J connectivity index is 2.91. The minimum Gasteiger partial charge on any atom is -0.508 e. The lowest BCUT2D eigenvalue weighted by Gasteiger charge is -1.93. The number of nitrogens with zero attached hydrogens (tertiary/aromatic N) is 1. The zero-order valence-corrected chi connectivity index (χ0v) is 6.99. The Morgan fingerprint density at radius 1 is 1.45 bits per heavy atom. The van der Waals surface area contributed by atoms with E-state index in [-0.39, 0.29) is 5.75 Å². The van der Waals surface area contributed by atoms with Gasteiger partial charge in [0.2, 0.25) is 0 Å². The van der Waals surface area contributed by atoms with Gasteiger partial charge in [-0.3, -0.25) is 0 Å². The van der Waals surface area contributed by atoms with Crippen LogP contribution in [0.4, 0.5) is 0 Å². The smallest absolute Gasteiger partial charge is 0.118 e. The number of benzene rings is 1. The molecule has 0 radical (unpaired) electrons. The van der Waals surface area contributed by atoms with Gasteiger partial charge < -0.3 is 5.11 Å². The fraction of sp³-hybridized carbons (Fsp3) is 0. The molecule has 0 aliphatic rings. The topological polar surface area (TPSA) is 33.1 Å². The normalized spacial score (nSPS) is 10.6. The van der Waals surface area contributed by atoms with Crippen LogP contribution in [0, 0.1) is 0 Å². The largest absolute Gasteiger partial charge is 0.508 e. The van der Waals surface area contributed by atoms with Crippen LogP contribution >= 0.6 is 22.9 Å². The summed E-state index contributed by atoms with van der Waals surface area (Å²) in [6.45, 7) is 0. The summed E-state index contributed by atoms with van der Waals surface area (Å²) < 4.78 is 0.912. The van der Waals surface area contributed by atoms with Crippen molar-refractivity contribution in [1.29, 1.82) is 0 Å². The number of halogens is 1. The van der Waals surface area contributed by atoms with E-state index in [4.69, 9.17) is 16.7 Å². The number of aromatic hydroxyl groups is 1. The summed E-state index contributed by atoms with van der Waals surface area (Å²) in [5.74, 6) is 0.187. The van der Waals surface area contributed by atoms with E-state index in [9.17, 15) is 0 Å². The molecule has 1 N–H and O–H groups in total. The Labute approximate surface area is 72.1 Å². The summed E-state index contributed by atoms with van der Waals surface area (Å²) in [5, 5.41) is 9.63. The van der Waals surface area contributed by atoms with Crippen LogP contribution in [0.15, 0.2) is 17.6 Å². The second-order valence-corrected chi connectivity index (χ2v) is 3.42. The zero-order valence-electron chi connectivity index (χ0n) is 5.41. The van der Waals surface area contributed by atoms with Crippen molar-refractivity contribution < 1.29 is 5.11 Å². The van der Waals surface area contributed by atoms with Crippen molar-refractivity contribution >= 4 is 33.2 Å². The standard InChI is InChI=1S/C7H4ClNOS/c8-5-1-4(10)2-6-7(5)9-3-11-6/h1-3,10H. The molecule has 11 heavy (non-hydrogen) atoms. The molecule has 0 saturated carbocycles. The number of phenolic OH excluding ortho intramolecular Hbond substituents is 1. The summed E-state index contributed by atoms with van der Waals surface area (Å²) in [6, 6.07) is 3.14. The van der Waals surface area contributed by atoms with E-state index in [2.05, 4.69) is 4.98 Å². The van der Waals surface area contributed by atoms with Crippen molar-refractivity contribution in [3.8, 4) is 5.75 Å². The van der Waals surface area contributed by atoms with E-state index in [0.29, 0.717) is 5.02 Å². The first-order valence-electron chi connectivity index (χ1n) is 2.99. The first kappa shape index (κ1) is 6.88. The molecule has 0 aliphatic heterocycles. The Morgan fingerprint density at radius 2 is 2.27 bits per heavy atom. The van der Waals surface area contributed by atoms with Gasteiger partial charge in [0.1, 0.15) is 11.3 Å². The van der Waals surface area contributed by atoms with Crippen molar-refractivity contribution in [3.05, 3.63) is 22.7 Å². The van der Waals surface area contributed by atoms with Crippen LogP contribution in [-0.4, -0.2) is 10.1 Å². The number of fused-ring (bicyclic) bond motifs is 1. The van der Waals surface area contributed by atoms with Gasteiger partial charge in [0.05, 0.1) is 15.2 Å². The van der Waals surface area contributed by atoms with Gasteiger partial charge in [-0.05, 0) is 6.07 Å². The van der Waals surface area contributed by atoms with Gasteiger partial charge >= 0.3 is 0 Å². The predicted molar refractivity (Wildman–Crippen MR) is 46.3 cm³/mol. The molecule has 1 aromatic carbocycles. The Morgan fingerprint density at radius 3 is 3.09 bits per heavy atom. The van der Waals surface area contributed by atoms with Crippen LogP contribution in [0.2, 0.25) is 5.02 Å². The maximum absolute atomic E-state index is 9.12. The predicted octanol–water partition coefficient (Wildman–Crippen LogP) is 2.66. The summed E-state index contributed by atoms with van der Waals surface area (Å²) in [6.07, 6.45) is 0. The van der Waals surface area contributed by atoms with Gasteiger partial charge in [-0.2, -0.15) is 0 Å². The molecule has 0 aliphatic carbocycles. The molecule has 0 saturated heterocycles. The van der Waals surface area contributed by atoms with Crippen LogP contribution in [0.25, 0.3) is 10.2 Å². The van der Waals surface area contributed by atoms with Crippen molar-refractivity contribution in [2.75, 3.05) is 0 Å². The van der Waals surface area contributed by atoms with Gasteiger partial charge in [0, 0.05) is 6.07 Å². The summed E-state index contributed by atoms with van der Waals surface area (Å²) in [4.78, 5) is 4.03. The fourth-order valence-corrected chi connectivity index (χ4v) is 1.96. The molecule has 56 valence electrons. The first-order valence-corrected chi connectivity index (χ1v) is 4.25. The molecule has 2 rings (SSSR count). The highest BCUT2D eigenvalue weighted by Gasteiger charge is 2.02. The molecule has 1 aromatic heterocycles. The molecule has 0 unspecified atom stereocenters. The van der Waals surface area contributed by atoms with Gasteiger partial charge in [-0.25, -0.2) is 4.98 Å². The number of hydrogen-bond donors (Lipinski definition) is 1. The zero-order chi connectivity index (χ0) is 7.84. The third-order valence-corrected chi connectivity index (χ3v) is 2.44. The van der Waals surface area contributed by atoms with Crippen LogP contribution in [-0.2, 0) is 0 Å². The quantitative estimate of drug-likeness (QED) is 0.685. The van der Waals surface area contributed by atoms with E-state index in [1.165, 1.54) is 17.4 Å². The molecule has 2 aromatic rings. The number of phenols is 1. The fourth-order valence-electron chi connectivity index (χ4n) is 0.911. The third-order valence-electron chi connectivity index (χ3n) is 1.37. The minimum atomic E-state index is 0.187. The lowest BCUT2D eigenvalue weighted by Crippen LogP contribution is -1.69. The highest BCUT2D eigenvalue weighted by Crippen LogP contribution is 2.29. The molecule has 4 heteroatoms. The number of aromatic nitrogens is 1. The van der Waals surface area contributed by atoms with E-state index in [1.807, 2.05) is 0 Å². The van der Waals surface area contributed by atoms with Gasteiger partial charge in [-0.15, -0.1) is 11.3 Å². The molecular weight excluding hydrogens is 182 g/mol. The van der Waals surface area contributed by atoms with Gasteiger partial charge in [0.15, 0.2) is 0 Å². The van der Waals surface area contributed by atoms with E-state index < -0.39 is 0 Å². The Hall–Kier alpha value is -0.800. The van der Waals surface area contributed by atoms with E-state index in [0.717, 1.165) is 10.2 Å². The minimum absolute atomic E-state index is 0.187. The average molecular weight is 186 g/mol. The van der Waals surface area contributed by atoms with Crippen molar-refractivity contribution in [3.63, 3.8) is 0 Å². The summed E-state index contributed by atoms with van der Waals surface area (Å²) in [7, 11) is 0. The highest BCUT2D eigenvalue weighted by atomic mass is 35.5. The summed E-state index contributed by atoms with van der Waals surface area (Å²) in [5.41, 5.74) is 2.46. The molecule has 1 heterocycles. The van der Waals surface area contributed by atoms with Crippen LogP contribution < -0.4 is 0 Å². The molecule has 0 spiro atoms. The molecule has 0 bridgehead atoms. The number of thiazole rings is 1. The highest BCUT2D eigenvalue weighted by molar-refractivity contribution is 7.16. The SMILES string of the molecule is Oc1cc(Cl)c2ncsc2c1. The monoisotopic (exact) mass is 185 g/mol. The first-order chi connectivity index (χ1) is 5.27. The summed E-state index contributed by atoms with van der Waals surface area (Å²) >= 11 is 7.25. The maximum Gasteiger partial charge on any atom is 0.118 e. The van der Waals surface area contributed by atoms with Gasteiger partial charge in [0.25, 0.3) is 0 Å². The lowest BCUT2D eigenvalue weighted by atomic mass is 10.3. The van der Waals surface area contributed by atoms with Crippen molar-refractivity contribution in [1.82, 2.24) is 4.98 Å². The molecule has 0 amide bonds. The van der Waals surface area contributed by atoms with Crippen LogP contribution in [0.3, 0.4) is 0 Å². The van der Waals surface area contributed by atoms with E-state index >= 15 is 0 Å². The van der Waals surface area contributed by atoms with Crippen LogP contribution in [0.1, 0.15) is 0 Å². The third kappa shape index (κ3) is 1.06. The van der Waals surface area contributed by atoms with E-state index in [1.54, 1.807) is 11.6 Å². The Kier molecular flexibility index (Phi) is 1.47. The molecule has 2 nitrogen and oxygen atoms in total. The second-order valence-electron chi connectivity index (χ2n) is 2.13. The van der Waals surface area contributed by atoms with Crippen LogP contribution in [0.5, 0.6) is 5.75 Å². The van der Waals surface area contributed by atoms with Crippen molar-refractivity contribution in [2.45, 2.75) is 0 Å². The molecule has 0 atom stereocenters. The molecule has 0 fully saturated rings. The lowest BCUT2D eigenvalue weighted by molar-refractivity contribution is 0.476. The Bertz CT molecular complexity index is 398. The van der Waals surface area contributed by atoms with Gasteiger partial charge in [-0.1, -0.05) is 11.6 Å². The number of rotatable bonds is 0. The van der Waals surface area contributed by atoms with Crippen molar-refractivity contribution in [2.24, 2.45) is 0 Å². The average Bonchev–Trinajstić information content (AvgIpc) is 2.34. The molecular formula is C7H4ClNOS. The number of hydrogen-bond acceptors (Lipinski definition) is 3. The second kappa shape index (κ2) is 2.36. The maximum atomic E-state index is 9.12.